The van der Waals surface area contributed by atoms with E-state index in [1.54, 1.807) is 0 Å². The van der Waals surface area contributed by atoms with E-state index in [4.69, 9.17) is 5.73 Å². The van der Waals surface area contributed by atoms with Crippen molar-refractivity contribution in [3.63, 3.8) is 0 Å². The van der Waals surface area contributed by atoms with Crippen molar-refractivity contribution in [3.8, 4) is 0 Å². The van der Waals surface area contributed by atoms with Gasteiger partial charge in [-0.2, -0.15) is 0 Å². The minimum absolute atomic E-state index is 0.208. The third kappa shape index (κ3) is 1.94. The highest BCUT2D eigenvalue weighted by Crippen LogP contribution is 2.40. The van der Waals surface area contributed by atoms with Crippen molar-refractivity contribution in [2.75, 3.05) is 6.54 Å². The molecule has 1 aromatic rings. The minimum Gasteiger partial charge on any atom is -0.329 e. The molecule has 2 rings (SSSR count). The second-order valence-electron chi connectivity index (χ2n) is 4.50. The van der Waals surface area contributed by atoms with E-state index in [2.05, 4.69) is 15.9 Å². The molecular formula is C13H16BrNO. The van der Waals surface area contributed by atoms with Gasteiger partial charge in [0.15, 0.2) is 5.78 Å². The van der Waals surface area contributed by atoms with E-state index in [1.807, 2.05) is 24.3 Å². The molecule has 3 heteroatoms. The van der Waals surface area contributed by atoms with Crippen molar-refractivity contribution >= 4 is 21.7 Å². The Hall–Kier alpha value is -0.670. The van der Waals surface area contributed by atoms with Gasteiger partial charge in [-0.3, -0.25) is 4.79 Å². The lowest BCUT2D eigenvalue weighted by atomic mass is 9.79. The van der Waals surface area contributed by atoms with Gasteiger partial charge in [-0.1, -0.05) is 47.0 Å². The molecule has 86 valence electrons. The van der Waals surface area contributed by atoms with Gasteiger partial charge in [0.1, 0.15) is 0 Å². The lowest BCUT2D eigenvalue weighted by Gasteiger charge is -2.25. The number of nitrogens with two attached hydrogens (primary N) is 1. The average molecular weight is 282 g/mol. The van der Waals surface area contributed by atoms with Crippen LogP contribution in [0, 0.1) is 5.41 Å². The van der Waals surface area contributed by atoms with E-state index >= 15 is 0 Å². The lowest BCUT2D eigenvalue weighted by Crippen LogP contribution is -2.36. The topological polar surface area (TPSA) is 43.1 Å². The smallest absolute Gasteiger partial charge is 0.171 e. The zero-order chi connectivity index (χ0) is 11.6. The summed E-state index contributed by atoms with van der Waals surface area (Å²) < 4.78 is 0.875. The van der Waals surface area contributed by atoms with Crippen LogP contribution in [0.1, 0.15) is 36.0 Å². The van der Waals surface area contributed by atoms with Gasteiger partial charge in [-0.15, -0.1) is 0 Å². The number of Topliss-reactive ketones (excluding diaryl/α,β-unsaturated/α-hetero) is 1. The fourth-order valence-corrected chi connectivity index (χ4v) is 2.97. The molecule has 1 saturated carbocycles. The van der Waals surface area contributed by atoms with Gasteiger partial charge >= 0.3 is 0 Å². The summed E-state index contributed by atoms with van der Waals surface area (Å²) in [6.07, 6.45) is 4.11. The van der Waals surface area contributed by atoms with E-state index in [0.717, 1.165) is 35.7 Å². The number of ketones is 1. The standard InChI is InChI=1S/C13H16BrNO/c14-11-6-2-1-5-10(11)12(16)13(9-15)7-3-4-8-13/h1-2,5-6H,3-4,7-9,15H2. The number of rotatable bonds is 3. The molecule has 1 aliphatic rings. The van der Waals surface area contributed by atoms with Crippen molar-refractivity contribution in [2.45, 2.75) is 25.7 Å². The van der Waals surface area contributed by atoms with E-state index < -0.39 is 0 Å². The second kappa shape index (κ2) is 4.68. The highest BCUT2D eigenvalue weighted by molar-refractivity contribution is 9.10. The van der Waals surface area contributed by atoms with Crippen LogP contribution >= 0.6 is 15.9 Å². The largest absolute Gasteiger partial charge is 0.329 e. The Kier molecular flexibility index (Phi) is 3.45. The predicted octanol–water partition coefficient (Wildman–Crippen LogP) is 3.15. The first-order valence-electron chi connectivity index (χ1n) is 5.69. The summed E-state index contributed by atoms with van der Waals surface area (Å²) in [6.45, 7) is 0.465. The normalized spacial score (nSPS) is 18.6. The van der Waals surface area contributed by atoms with E-state index in [-0.39, 0.29) is 11.2 Å². The molecular weight excluding hydrogens is 266 g/mol. The van der Waals surface area contributed by atoms with Crippen molar-refractivity contribution in [1.29, 1.82) is 0 Å². The molecule has 1 fully saturated rings. The fourth-order valence-electron chi connectivity index (χ4n) is 2.51. The Labute approximate surface area is 104 Å². The van der Waals surface area contributed by atoms with Crippen molar-refractivity contribution in [3.05, 3.63) is 34.3 Å². The van der Waals surface area contributed by atoms with Crippen LogP contribution in [0.4, 0.5) is 0 Å². The van der Waals surface area contributed by atoms with Crippen molar-refractivity contribution in [2.24, 2.45) is 11.1 Å². The first-order valence-corrected chi connectivity index (χ1v) is 6.48. The highest BCUT2D eigenvalue weighted by Gasteiger charge is 2.40. The quantitative estimate of drug-likeness (QED) is 0.865. The molecule has 2 N–H and O–H groups in total. The summed E-state index contributed by atoms with van der Waals surface area (Å²) in [6, 6.07) is 7.61. The maximum atomic E-state index is 12.5. The van der Waals surface area contributed by atoms with Gasteiger partial charge in [0.2, 0.25) is 0 Å². The number of carbonyl (C=O) groups excluding carboxylic acids is 1. The fraction of sp³-hybridized carbons (Fsp3) is 0.462. The van der Waals surface area contributed by atoms with Crippen molar-refractivity contribution < 1.29 is 4.79 Å². The molecule has 0 aliphatic heterocycles. The molecule has 0 saturated heterocycles. The zero-order valence-electron chi connectivity index (χ0n) is 9.21. The molecule has 0 unspecified atom stereocenters. The van der Waals surface area contributed by atoms with Gasteiger partial charge < -0.3 is 5.73 Å². The summed E-state index contributed by atoms with van der Waals surface area (Å²) in [5.74, 6) is 0.208. The highest BCUT2D eigenvalue weighted by atomic mass is 79.9. The molecule has 1 aromatic carbocycles. The minimum atomic E-state index is -0.302. The van der Waals surface area contributed by atoms with Crippen LogP contribution in [0.2, 0.25) is 0 Å². The zero-order valence-corrected chi connectivity index (χ0v) is 10.8. The van der Waals surface area contributed by atoms with E-state index in [0.29, 0.717) is 6.54 Å². The third-order valence-corrected chi connectivity index (χ3v) is 4.24. The summed E-state index contributed by atoms with van der Waals surface area (Å²) in [4.78, 5) is 12.5. The number of hydrogen-bond donors (Lipinski definition) is 1. The number of benzene rings is 1. The molecule has 0 aromatic heterocycles. The third-order valence-electron chi connectivity index (χ3n) is 3.55. The average Bonchev–Trinajstić information content (AvgIpc) is 2.78. The van der Waals surface area contributed by atoms with Gasteiger partial charge in [-0.25, -0.2) is 0 Å². The number of hydrogen-bond acceptors (Lipinski definition) is 2. The monoisotopic (exact) mass is 281 g/mol. The SMILES string of the molecule is NCC1(C(=O)c2ccccc2Br)CCCC1. The molecule has 16 heavy (non-hydrogen) atoms. The molecule has 0 radical (unpaired) electrons. The molecule has 1 aliphatic carbocycles. The van der Waals surface area contributed by atoms with Crippen LogP contribution in [-0.2, 0) is 0 Å². The number of carbonyl (C=O) groups is 1. The summed E-state index contributed by atoms with van der Waals surface area (Å²) >= 11 is 3.44. The Bertz CT molecular complexity index is 397. The maximum absolute atomic E-state index is 12.5. The number of halogens is 1. The van der Waals surface area contributed by atoms with Crippen LogP contribution in [0.5, 0.6) is 0 Å². The Morgan fingerprint density at radius 2 is 1.94 bits per heavy atom. The predicted molar refractivity (Wildman–Crippen MR) is 68.4 cm³/mol. The van der Waals surface area contributed by atoms with E-state index in [1.165, 1.54) is 0 Å². The summed E-state index contributed by atoms with van der Waals surface area (Å²) in [5, 5.41) is 0. The lowest BCUT2D eigenvalue weighted by molar-refractivity contribution is 0.0809. The van der Waals surface area contributed by atoms with Crippen LogP contribution in [-0.4, -0.2) is 12.3 Å². The molecule has 0 heterocycles. The first-order chi connectivity index (χ1) is 7.69. The van der Waals surface area contributed by atoms with Gasteiger partial charge in [-0.05, 0) is 18.9 Å². The molecule has 0 bridgehead atoms. The van der Waals surface area contributed by atoms with Gasteiger partial charge in [0.25, 0.3) is 0 Å². The molecule has 0 spiro atoms. The Morgan fingerprint density at radius 3 is 2.50 bits per heavy atom. The second-order valence-corrected chi connectivity index (χ2v) is 5.35. The van der Waals surface area contributed by atoms with Gasteiger partial charge in [0, 0.05) is 22.0 Å². The van der Waals surface area contributed by atoms with Crippen LogP contribution < -0.4 is 5.73 Å². The molecule has 0 atom stereocenters. The van der Waals surface area contributed by atoms with Crippen molar-refractivity contribution in [1.82, 2.24) is 0 Å². The Morgan fingerprint density at radius 1 is 1.31 bits per heavy atom. The Balaban J connectivity index is 2.34. The maximum Gasteiger partial charge on any atom is 0.171 e. The first kappa shape index (κ1) is 11.8. The molecule has 2 nitrogen and oxygen atoms in total. The summed E-state index contributed by atoms with van der Waals surface area (Å²) in [7, 11) is 0. The molecule has 0 amide bonds. The van der Waals surface area contributed by atoms with Crippen LogP contribution in [0.15, 0.2) is 28.7 Å². The van der Waals surface area contributed by atoms with Gasteiger partial charge in [0.05, 0.1) is 0 Å². The van der Waals surface area contributed by atoms with Crippen LogP contribution in [0.3, 0.4) is 0 Å². The van der Waals surface area contributed by atoms with E-state index in [9.17, 15) is 4.79 Å². The summed E-state index contributed by atoms with van der Waals surface area (Å²) in [5.41, 5.74) is 6.29. The van der Waals surface area contributed by atoms with Crippen LogP contribution in [0.25, 0.3) is 0 Å².